The van der Waals surface area contributed by atoms with Crippen LogP contribution in [0.2, 0.25) is 0 Å². The number of rotatable bonds is 4. The second-order valence-electron chi connectivity index (χ2n) is 3.54. The molecule has 0 saturated carbocycles. The average molecular weight is 277 g/mol. The number of alkyl halides is 1. The predicted molar refractivity (Wildman–Crippen MR) is 65.1 cm³/mol. The first-order valence-electron chi connectivity index (χ1n) is 4.79. The molecule has 0 unspecified atom stereocenters. The topological polar surface area (TPSA) is 89.3 Å². The molecule has 0 aliphatic rings. The summed E-state index contributed by atoms with van der Waals surface area (Å²) >= 11 is 5.34. The number of aryl methyl sites for hydroxylation is 1. The van der Waals surface area contributed by atoms with Crippen LogP contribution < -0.4 is 10.5 Å². The third-order valence-electron chi connectivity index (χ3n) is 2.24. The number of nitrogens with two attached hydrogens (primary N) is 1. The third kappa shape index (κ3) is 3.99. The summed E-state index contributed by atoms with van der Waals surface area (Å²) in [6, 6.07) is 4.49. The minimum Gasteiger partial charge on any atom is -0.351 e. The first kappa shape index (κ1) is 14.0. The number of sulfonamides is 1. The standard InChI is InChI=1S/C10H13ClN2O3S/c1-7-4-9(17(12,15)16)3-2-8(7)6-13-10(14)5-11/h2-4H,5-6H2,1H3,(H,13,14)(H2,12,15,16). The van der Waals surface area contributed by atoms with Gasteiger partial charge in [0.15, 0.2) is 0 Å². The molecule has 3 N–H and O–H groups in total. The van der Waals surface area contributed by atoms with E-state index in [4.69, 9.17) is 16.7 Å². The minimum atomic E-state index is -3.69. The zero-order valence-electron chi connectivity index (χ0n) is 9.23. The van der Waals surface area contributed by atoms with E-state index in [-0.39, 0.29) is 16.7 Å². The molecular formula is C10H13ClN2O3S. The number of amides is 1. The number of hydrogen-bond donors (Lipinski definition) is 2. The molecule has 0 saturated heterocycles. The highest BCUT2D eigenvalue weighted by atomic mass is 35.5. The summed E-state index contributed by atoms with van der Waals surface area (Å²) in [7, 11) is -3.69. The molecule has 0 bridgehead atoms. The Morgan fingerprint density at radius 3 is 2.59 bits per heavy atom. The van der Waals surface area contributed by atoms with Crippen molar-refractivity contribution in [2.24, 2.45) is 5.14 Å². The van der Waals surface area contributed by atoms with Crippen LogP contribution in [0.4, 0.5) is 0 Å². The van der Waals surface area contributed by atoms with Gasteiger partial charge in [-0.05, 0) is 30.2 Å². The molecule has 0 atom stereocenters. The van der Waals surface area contributed by atoms with Crippen molar-refractivity contribution < 1.29 is 13.2 Å². The molecular weight excluding hydrogens is 264 g/mol. The molecule has 1 rings (SSSR count). The Labute approximate surface area is 105 Å². The van der Waals surface area contributed by atoms with Crippen molar-refractivity contribution in [1.29, 1.82) is 0 Å². The molecule has 17 heavy (non-hydrogen) atoms. The lowest BCUT2D eigenvalue weighted by Crippen LogP contribution is -2.24. The fourth-order valence-corrected chi connectivity index (χ4v) is 1.98. The molecule has 94 valence electrons. The number of carbonyl (C=O) groups is 1. The Bertz CT molecular complexity index is 528. The summed E-state index contributed by atoms with van der Waals surface area (Å²) in [5.74, 6) is -0.379. The van der Waals surface area contributed by atoms with Gasteiger partial charge in [-0.15, -0.1) is 11.6 Å². The van der Waals surface area contributed by atoms with E-state index in [0.29, 0.717) is 6.54 Å². The largest absolute Gasteiger partial charge is 0.351 e. The zero-order valence-corrected chi connectivity index (χ0v) is 10.8. The zero-order chi connectivity index (χ0) is 13.1. The highest BCUT2D eigenvalue weighted by molar-refractivity contribution is 7.89. The van der Waals surface area contributed by atoms with Crippen LogP contribution in [-0.4, -0.2) is 20.2 Å². The molecule has 5 nitrogen and oxygen atoms in total. The summed E-state index contributed by atoms with van der Waals surface area (Å²) in [6.45, 7) is 2.05. The van der Waals surface area contributed by atoms with Gasteiger partial charge in [0, 0.05) is 6.54 Å². The molecule has 0 heterocycles. The predicted octanol–water partition coefficient (Wildman–Crippen LogP) is 0.497. The minimum absolute atomic E-state index is 0.0578. The van der Waals surface area contributed by atoms with Crippen molar-refractivity contribution in [2.45, 2.75) is 18.4 Å². The summed E-state index contributed by atoms with van der Waals surface area (Å²) in [5, 5.41) is 7.60. The Morgan fingerprint density at radius 1 is 1.47 bits per heavy atom. The molecule has 0 spiro atoms. The molecule has 1 aromatic rings. The van der Waals surface area contributed by atoms with Crippen molar-refractivity contribution >= 4 is 27.5 Å². The number of carbonyl (C=O) groups excluding carboxylic acids is 1. The quantitative estimate of drug-likeness (QED) is 0.785. The molecule has 0 aliphatic heterocycles. The van der Waals surface area contributed by atoms with Crippen LogP contribution in [0, 0.1) is 6.92 Å². The molecule has 0 fully saturated rings. The fourth-order valence-electron chi connectivity index (χ4n) is 1.28. The SMILES string of the molecule is Cc1cc(S(N)(=O)=O)ccc1CNC(=O)CCl. The van der Waals surface area contributed by atoms with E-state index in [1.807, 2.05) is 0 Å². The maximum absolute atomic E-state index is 11.1. The van der Waals surface area contributed by atoms with Gasteiger partial charge in [-0.2, -0.15) is 0 Å². The second kappa shape index (κ2) is 5.48. The van der Waals surface area contributed by atoms with Gasteiger partial charge in [-0.25, -0.2) is 13.6 Å². The van der Waals surface area contributed by atoms with E-state index >= 15 is 0 Å². The number of nitrogens with one attached hydrogen (secondary N) is 1. The Morgan fingerprint density at radius 2 is 2.12 bits per heavy atom. The molecule has 1 aromatic carbocycles. The Balaban J connectivity index is 2.88. The fraction of sp³-hybridized carbons (Fsp3) is 0.300. The van der Waals surface area contributed by atoms with Gasteiger partial charge in [0.2, 0.25) is 15.9 Å². The lowest BCUT2D eigenvalue weighted by molar-refractivity contribution is -0.118. The van der Waals surface area contributed by atoms with E-state index in [9.17, 15) is 13.2 Å². The smallest absolute Gasteiger partial charge is 0.238 e. The van der Waals surface area contributed by atoms with Crippen molar-refractivity contribution in [3.63, 3.8) is 0 Å². The van der Waals surface area contributed by atoms with Crippen molar-refractivity contribution in [3.05, 3.63) is 29.3 Å². The van der Waals surface area contributed by atoms with Crippen LogP contribution in [0.1, 0.15) is 11.1 Å². The average Bonchev–Trinajstić information content (AvgIpc) is 2.25. The van der Waals surface area contributed by atoms with Gasteiger partial charge in [0.05, 0.1) is 4.90 Å². The second-order valence-corrected chi connectivity index (χ2v) is 5.37. The van der Waals surface area contributed by atoms with Crippen LogP contribution in [-0.2, 0) is 21.4 Å². The van der Waals surface area contributed by atoms with Gasteiger partial charge in [-0.3, -0.25) is 4.79 Å². The molecule has 0 radical (unpaired) electrons. The Hall–Kier alpha value is -1.11. The lowest BCUT2D eigenvalue weighted by atomic mass is 10.1. The molecule has 0 aromatic heterocycles. The Kier molecular flexibility index (Phi) is 4.50. The maximum Gasteiger partial charge on any atom is 0.238 e. The van der Waals surface area contributed by atoms with E-state index < -0.39 is 10.0 Å². The van der Waals surface area contributed by atoms with Crippen molar-refractivity contribution in [2.75, 3.05) is 5.88 Å². The van der Waals surface area contributed by atoms with Crippen LogP contribution in [0.15, 0.2) is 23.1 Å². The van der Waals surface area contributed by atoms with Crippen molar-refractivity contribution in [3.8, 4) is 0 Å². The third-order valence-corrected chi connectivity index (χ3v) is 3.39. The van der Waals surface area contributed by atoms with E-state index in [1.165, 1.54) is 12.1 Å². The highest BCUT2D eigenvalue weighted by Gasteiger charge is 2.09. The van der Waals surface area contributed by atoms with Gasteiger partial charge < -0.3 is 5.32 Å². The van der Waals surface area contributed by atoms with E-state index in [1.54, 1.807) is 13.0 Å². The lowest BCUT2D eigenvalue weighted by Gasteiger charge is -2.08. The van der Waals surface area contributed by atoms with Gasteiger partial charge >= 0.3 is 0 Å². The molecule has 0 aliphatic carbocycles. The monoisotopic (exact) mass is 276 g/mol. The normalized spacial score (nSPS) is 11.2. The summed E-state index contributed by atoms with van der Waals surface area (Å²) in [4.78, 5) is 11.0. The van der Waals surface area contributed by atoms with Crippen LogP contribution in [0.3, 0.4) is 0 Å². The van der Waals surface area contributed by atoms with Gasteiger partial charge in [0.1, 0.15) is 5.88 Å². The van der Waals surface area contributed by atoms with E-state index in [0.717, 1.165) is 11.1 Å². The first-order valence-corrected chi connectivity index (χ1v) is 6.87. The molecule has 7 heteroatoms. The summed E-state index contributed by atoms with van der Waals surface area (Å²) in [6.07, 6.45) is 0. The van der Waals surface area contributed by atoms with E-state index in [2.05, 4.69) is 5.32 Å². The number of hydrogen-bond acceptors (Lipinski definition) is 3. The number of benzene rings is 1. The van der Waals surface area contributed by atoms with Gasteiger partial charge in [0.25, 0.3) is 0 Å². The van der Waals surface area contributed by atoms with Crippen molar-refractivity contribution in [1.82, 2.24) is 5.32 Å². The summed E-state index contributed by atoms with van der Waals surface area (Å²) < 4.78 is 22.2. The van der Waals surface area contributed by atoms with Crippen LogP contribution >= 0.6 is 11.6 Å². The number of primary sulfonamides is 1. The number of halogens is 1. The van der Waals surface area contributed by atoms with Gasteiger partial charge in [-0.1, -0.05) is 6.07 Å². The summed E-state index contributed by atoms with van der Waals surface area (Å²) in [5.41, 5.74) is 1.56. The van der Waals surface area contributed by atoms with Crippen LogP contribution in [0.5, 0.6) is 0 Å². The first-order chi connectivity index (χ1) is 7.84. The highest BCUT2D eigenvalue weighted by Crippen LogP contribution is 2.14. The molecule has 1 amide bonds. The van der Waals surface area contributed by atoms with Crippen LogP contribution in [0.25, 0.3) is 0 Å². The maximum atomic E-state index is 11.1.